The van der Waals surface area contributed by atoms with Crippen molar-refractivity contribution in [1.29, 1.82) is 0 Å². The lowest BCUT2D eigenvalue weighted by Crippen LogP contribution is -2.20. The maximum atomic E-state index is 6.11. The first kappa shape index (κ1) is 13.0. The highest BCUT2D eigenvalue weighted by atomic mass is 16.5. The third-order valence-corrected chi connectivity index (χ3v) is 3.72. The third-order valence-electron chi connectivity index (χ3n) is 3.72. The van der Waals surface area contributed by atoms with Gasteiger partial charge in [0, 0.05) is 19.1 Å². The average Bonchev–Trinajstić information content (AvgIpc) is 2.54. The molecule has 0 amide bonds. The van der Waals surface area contributed by atoms with Crippen molar-refractivity contribution in [3.63, 3.8) is 0 Å². The molecule has 0 fully saturated rings. The minimum Gasteiger partial charge on any atom is -0.497 e. The normalized spacial score (nSPS) is 20.9. The number of hydrogen-bond acceptors (Lipinski definition) is 3. The van der Waals surface area contributed by atoms with Gasteiger partial charge in [-0.15, -0.1) is 0 Å². The summed E-state index contributed by atoms with van der Waals surface area (Å²) in [5.41, 5.74) is 2.23. The van der Waals surface area contributed by atoms with E-state index in [1.54, 1.807) is 14.2 Å². The Balaban J connectivity index is 1.95. The van der Waals surface area contributed by atoms with Crippen molar-refractivity contribution in [2.45, 2.75) is 18.6 Å². The van der Waals surface area contributed by atoms with Gasteiger partial charge in [-0.05, 0) is 23.8 Å². The van der Waals surface area contributed by atoms with Crippen LogP contribution in [-0.4, -0.2) is 14.2 Å². The molecule has 1 heterocycles. The van der Waals surface area contributed by atoms with E-state index in [0.717, 1.165) is 23.5 Å². The quantitative estimate of drug-likeness (QED) is 0.846. The van der Waals surface area contributed by atoms with Crippen LogP contribution in [0.3, 0.4) is 0 Å². The Morgan fingerprint density at radius 3 is 2.55 bits per heavy atom. The summed E-state index contributed by atoms with van der Waals surface area (Å²) in [6, 6.07) is 16.1. The van der Waals surface area contributed by atoms with E-state index in [2.05, 4.69) is 12.1 Å². The molecule has 0 bridgehead atoms. The van der Waals surface area contributed by atoms with Crippen molar-refractivity contribution in [2.75, 3.05) is 14.2 Å². The molecule has 0 spiro atoms. The molecule has 3 nitrogen and oxygen atoms in total. The molecule has 0 radical (unpaired) electrons. The molecule has 20 heavy (non-hydrogen) atoms. The molecule has 104 valence electrons. The Kier molecular flexibility index (Phi) is 3.61. The molecule has 0 N–H and O–H groups in total. The summed E-state index contributed by atoms with van der Waals surface area (Å²) in [4.78, 5) is 0. The Labute approximate surface area is 119 Å². The predicted octanol–water partition coefficient (Wildman–Crippen LogP) is 3.91. The van der Waals surface area contributed by atoms with E-state index in [9.17, 15) is 0 Å². The predicted molar refractivity (Wildman–Crippen MR) is 77.2 cm³/mol. The van der Waals surface area contributed by atoms with Crippen LogP contribution in [0.4, 0.5) is 0 Å². The van der Waals surface area contributed by atoms with Crippen LogP contribution in [0.5, 0.6) is 11.5 Å². The van der Waals surface area contributed by atoms with Crippen molar-refractivity contribution in [3.05, 3.63) is 59.7 Å². The Morgan fingerprint density at radius 2 is 1.85 bits per heavy atom. The number of hydrogen-bond donors (Lipinski definition) is 0. The summed E-state index contributed by atoms with van der Waals surface area (Å²) < 4.78 is 17.0. The van der Waals surface area contributed by atoms with Gasteiger partial charge in [0.05, 0.1) is 13.2 Å². The van der Waals surface area contributed by atoms with Crippen molar-refractivity contribution < 1.29 is 14.2 Å². The number of ether oxygens (including phenoxy) is 3. The summed E-state index contributed by atoms with van der Waals surface area (Å²) in [6.45, 7) is 0. The van der Waals surface area contributed by atoms with Crippen molar-refractivity contribution in [2.24, 2.45) is 0 Å². The topological polar surface area (TPSA) is 27.7 Å². The van der Waals surface area contributed by atoms with Gasteiger partial charge in [0.25, 0.3) is 0 Å². The van der Waals surface area contributed by atoms with Crippen LogP contribution in [0.1, 0.15) is 29.8 Å². The molecule has 3 heteroatoms. The highest BCUT2D eigenvalue weighted by molar-refractivity contribution is 5.44. The standard InChI is InChI=1S/C17H18O3/c1-18-13-8-9-15-14(10-13)17(19-2)11-16(20-15)12-6-4-3-5-7-12/h3-10,16-17H,11H2,1-2H3. The molecule has 0 aromatic heterocycles. The number of methoxy groups -OCH3 is 2. The number of fused-ring (bicyclic) bond motifs is 1. The van der Waals surface area contributed by atoms with Gasteiger partial charge in [0.1, 0.15) is 17.6 Å². The van der Waals surface area contributed by atoms with E-state index < -0.39 is 0 Å². The van der Waals surface area contributed by atoms with Gasteiger partial charge in [-0.2, -0.15) is 0 Å². The highest BCUT2D eigenvalue weighted by Crippen LogP contribution is 2.43. The van der Waals surface area contributed by atoms with E-state index in [1.807, 2.05) is 36.4 Å². The molecule has 0 aliphatic carbocycles. The molecule has 2 aromatic carbocycles. The summed E-state index contributed by atoms with van der Waals surface area (Å²) in [7, 11) is 3.40. The first-order chi connectivity index (χ1) is 9.81. The van der Waals surface area contributed by atoms with Gasteiger partial charge < -0.3 is 14.2 Å². The van der Waals surface area contributed by atoms with Gasteiger partial charge in [0.2, 0.25) is 0 Å². The summed E-state index contributed by atoms with van der Waals surface area (Å²) in [6.07, 6.45) is 0.863. The highest BCUT2D eigenvalue weighted by Gasteiger charge is 2.29. The minimum atomic E-state index is 0.0269. The van der Waals surface area contributed by atoms with E-state index in [0.29, 0.717) is 0 Å². The monoisotopic (exact) mass is 270 g/mol. The lowest BCUT2D eigenvalue weighted by atomic mass is 9.94. The number of benzene rings is 2. The molecule has 0 saturated heterocycles. The van der Waals surface area contributed by atoms with Crippen LogP contribution in [-0.2, 0) is 4.74 Å². The summed E-state index contributed by atoms with van der Waals surface area (Å²) in [5, 5.41) is 0. The summed E-state index contributed by atoms with van der Waals surface area (Å²) in [5.74, 6) is 1.70. The fraction of sp³-hybridized carbons (Fsp3) is 0.294. The minimum absolute atomic E-state index is 0.0269. The zero-order valence-corrected chi connectivity index (χ0v) is 11.7. The maximum Gasteiger partial charge on any atom is 0.127 e. The Morgan fingerprint density at radius 1 is 1.05 bits per heavy atom. The van der Waals surface area contributed by atoms with E-state index >= 15 is 0 Å². The fourth-order valence-electron chi connectivity index (χ4n) is 2.63. The second-order valence-corrected chi connectivity index (χ2v) is 4.88. The van der Waals surface area contributed by atoms with Crippen LogP contribution in [0, 0.1) is 0 Å². The zero-order valence-electron chi connectivity index (χ0n) is 11.7. The molecule has 0 saturated carbocycles. The molecule has 2 unspecified atom stereocenters. The fourth-order valence-corrected chi connectivity index (χ4v) is 2.63. The average molecular weight is 270 g/mol. The molecule has 2 aromatic rings. The van der Waals surface area contributed by atoms with Crippen LogP contribution >= 0.6 is 0 Å². The second kappa shape index (κ2) is 5.55. The molecular formula is C17H18O3. The van der Waals surface area contributed by atoms with E-state index in [1.165, 1.54) is 5.56 Å². The zero-order chi connectivity index (χ0) is 13.9. The van der Waals surface area contributed by atoms with Crippen LogP contribution in [0.15, 0.2) is 48.5 Å². The lowest BCUT2D eigenvalue weighted by molar-refractivity contribution is 0.0299. The van der Waals surface area contributed by atoms with E-state index in [4.69, 9.17) is 14.2 Å². The van der Waals surface area contributed by atoms with Gasteiger partial charge in [0.15, 0.2) is 0 Å². The summed E-state index contributed by atoms with van der Waals surface area (Å²) >= 11 is 0. The van der Waals surface area contributed by atoms with Gasteiger partial charge >= 0.3 is 0 Å². The number of rotatable bonds is 3. The molecule has 3 rings (SSSR count). The smallest absolute Gasteiger partial charge is 0.127 e. The van der Waals surface area contributed by atoms with Crippen LogP contribution < -0.4 is 9.47 Å². The molecule has 1 aliphatic rings. The Hall–Kier alpha value is -2.00. The lowest BCUT2D eigenvalue weighted by Gasteiger charge is -2.32. The van der Waals surface area contributed by atoms with Gasteiger partial charge in [-0.1, -0.05) is 30.3 Å². The first-order valence-electron chi connectivity index (χ1n) is 6.74. The van der Waals surface area contributed by atoms with Crippen molar-refractivity contribution in [1.82, 2.24) is 0 Å². The SMILES string of the molecule is COc1ccc2c(c1)C(OC)CC(c1ccccc1)O2. The Bertz CT molecular complexity index is 580. The van der Waals surface area contributed by atoms with Gasteiger partial charge in [-0.3, -0.25) is 0 Å². The second-order valence-electron chi connectivity index (χ2n) is 4.88. The molecule has 2 atom stereocenters. The van der Waals surface area contributed by atoms with Crippen LogP contribution in [0.25, 0.3) is 0 Å². The molecular weight excluding hydrogens is 252 g/mol. The van der Waals surface area contributed by atoms with Gasteiger partial charge in [-0.25, -0.2) is 0 Å². The van der Waals surface area contributed by atoms with Crippen LogP contribution in [0.2, 0.25) is 0 Å². The van der Waals surface area contributed by atoms with Crippen molar-refractivity contribution in [3.8, 4) is 11.5 Å². The maximum absolute atomic E-state index is 6.11. The largest absolute Gasteiger partial charge is 0.497 e. The van der Waals surface area contributed by atoms with Crippen molar-refractivity contribution >= 4 is 0 Å². The first-order valence-corrected chi connectivity index (χ1v) is 6.74. The molecule has 1 aliphatic heterocycles. The van der Waals surface area contributed by atoms with E-state index in [-0.39, 0.29) is 12.2 Å². The third kappa shape index (κ3) is 2.37.